The molecule has 8 heteroatoms. The first-order valence-electron chi connectivity index (χ1n) is 10.00. The first-order chi connectivity index (χ1) is 14.9. The molecule has 0 saturated carbocycles. The van der Waals surface area contributed by atoms with Crippen molar-refractivity contribution < 1.29 is 33.7 Å². The Kier molecular flexibility index (Phi) is 7.25. The molecule has 1 unspecified atom stereocenters. The Morgan fingerprint density at radius 1 is 1.19 bits per heavy atom. The maximum Gasteiger partial charge on any atom is 0.260 e. The molecule has 1 aliphatic heterocycles. The third-order valence-corrected chi connectivity index (χ3v) is 4.88. The maximum atomic E-state index is 12.7. The van der Waals surface area contributed by atoms with Gasteiger partial charge in [0.05, 0.1) is 18.1 Å². The fourth-order valence-corrected chi connectivity index (χ4v) is 3.21. The van der Waals surface area contributed by atoms with Gasteiger partial charge in [-0.1, -0.05) is 12.1 Å². The van der Waals surface area contributed by atoms with Crippen molar-refractivity contribution in [3.05, 3.63) is 59.2 Å². The van der Waals surface area contributed by atoms with E-state index >= 15 is 0 Å². The van der Waals surface area contributed by atoms with Crippen molar-refractivity contribution in [2.75, 3.05) is 26.5 Å². The zero-order valence-electron chi connectivity index (χ0n) is 17.5. The molecule has 0 aromatic heterocycles. The standard InChI is InChI=1S/C23H25NO7/c1-3-29-21(23(27)28)12-16-4-7-18(8-5-16)30-11-10-24-14-31-20-9-6-17(15(2)25)13-19(20)22(24)26/h4-9,13,21H,3,10-12,14H2,1-2H3,(H,27,28)/p-1. The monoisotopic (exact) mass is 426 g/mol. The summed E-state index contributed by atoms with van der Waals surface area (Å²) in [5.41, 5.74) is 1.60. The van der Waals surface area contributed by atoms with Gasteiger partial charge in [-0.25, -0.2) is 0 Å². The van der Waals surface area contributed by atoms with Gasteiger partial charge in [0.15, 0.2) is 12.5 Å². The second-order valence-corrected chi connectivity index (χ2v) is 7.07. The van der Waals surface area contributed by atoms with E-state index in [-0.39, 0.29) is 31.4 Å². The Bertz CT molecular complexity index is 955. The van der Waals surface area contributed by atoms with E-state index in [4.69, 9.17) is 14.2 Å². The van der Waals surface area contributed by atoms with Gasteiger partial charge < -0.3 is 29.0 Å². The number of Topliss-reactive ketones (excluding diaryl/α,β-unsaturated/α-hetero) is 1. The van der Waals surface area contributed by atoms with Crippen molar-refractivity contribution in [1.29, 1.82) is 0 Å². The van der Waals surface area contributed by atoms with E-state index in [1.807, 2.05) is 0 Å². The number of carbonyl (C=O) groups is 3. The van der Waals surface area contributed by atoms with Gasteiger partial charge in [-0.3, -0.25) is 9.59 Å². The molecule has 2 aromatic carbocycles. The minimum Gasteiger partial charge on any atom is -0.547 e. The second kappa shape index (κ2) is 10.1. The molecule has 0 saturated heterocycles. The first-order valence-corrected chi connectivity index (χ1v) is 10.00. The zero-order valence-corrected chi connectivity index (χ0v) is 17.5. The van der Waals surface area contributed by atoms with Crippen LogP contribution in [0.15, 0.2) is 42.5 Å². The van der Waals surface area contributed by atoms with E-state index in [0.29, 0.717) is 35.8 Å². The predicted octanol–water partition coefficient (Wildman–Crippen LogP) is 1.46. The van der Waals surface area contributed by atoms with Gasteiger partial charge in [0.1, 0.15) is 24.2 Å². The lowest BCUT2D eigenvalue weighted by Gasteiger charge is -2.28. The van der Waals surface area contributed by atoms with Crippen molar-refractivity contribution >= 4 is 17.7 Å². The average Bonchev–Trinajstić information content (AvgIpc) is 2.76. The summed E-state index contributed by atoms with van der Waals surface area (Å²) >= 11 is 0. The van der Waals surface area contributed by atoms with Gasteiger partial charge in [0, 0.05) is 18.6 Å². The minimum absolute atomic E-state index is 0.107. The highest BCUT2D eigenvalue weighted by atomic mass is 16.5. The molecule has 1 atom stereocenters. The number of ether oxygens (including phenoxy) is 3. The topological polar surface area (TPSA) is 105 Å². The zero-order chi connectivity index (χ0) is 22.4. The smallest absolute Gasteiger partial charge is 0.260 e. The van der Waals surface area contributed by atoms with Crippen LogP contribution in [0.1, 0.15) is 40.1 Å². The van der Waals surface area contributed by atoms with E-state index in [1.54, 1.807) is 49.4 Å². The van der Waals surface area contributed by atoms with Crippen LogP contribution in [0.4, 0.5) is 0 Å². The first kappa shape index (κ1) is 22.3. The SMILES string of the molecule is CCOC(Cc1ccc(OCCN2COc3ccc(C(C)=O)cc3C2=O)cc1)C(=O)[O-]. The third-order valence-electron chi connectivity index (χ3n) is 4.88. The number of ketones is 1. The van der Waals surface area contributed by atoms with E-state index < -0.39 is 12.1 Å². The summed E-state index contributed by atoms with van der Waals surface area (Å²) in [7, 11) is 0. The third kappa shape index (κ3) is 5.61. The number of benzene rings is 2. The van der Waals surface area contributed by atoms with E-state index in [0.717, 1.165) is 5.56 Å². The lowest BCUT2D eigenvalue weighted by atomic mass is 10.1. The van der Waals surface area contributed by atoms with Crippen LogP contribution in [0.25, 0.3) is 0 Å². The Morgan fingerprint density at radius 2 is 1.94 bits per heavy atom. The molecule has 0 aliphatic carbocycles. The largest absolute Gasteiger partial charge is 0.547 e. The number of nitrogens with zero attached hydrogens (tertiary/aromatic N) is 1. The number of rotatable bonds is 10. The highest BCUT2D eigenvalue weighted by Gasteiger charge is 2.26. The molecule has 0 bridgehead atoms. The van der Waals surface area contributed by atoms with Crippen LogP contribution in [-0.2, 0) is 16.0 Å². The van der Waals surface area contributed by atoms with Crippen LogP contribution < -0.4 is 14.6 Å². The molecule has 164 valence electrons. The summed E-state index contributed by atoms with van der Waals surface area (Å²) < 4.78 is 16.5. The van der Waals surface area contributed by atoms with Crippen molar-refractivity contribution in [3.63, 3.8) is 0 Å². The number of hydrogen-bond donors (Lipinski definition) is 0. The molecule has 1 heterocycles. The molecule has 8 nitrogen and oxygen atoms in total. The summed E-state index contributed by atoms with van der Waals surface area (Å²) in [6.45, 7) is 4.13. The van der Waals surface area contributed by atoms with E-state index in [2.05, 4.69) is 0 Å². The quantitative estimate of drug-likeness (QED) is 0.530. The number of amides is 1. The summed E-state index contributed by atoms with van der Waals surface area (Å²) in [5.74, 6) is -0.522. The summed E-state index contributed by atoms with van der Waals surface area (Å²) in [5, 5.41) is 11.1. The van der Waals surface area contributed by atoms with Crippen molar-refractivity contribution in [1.82, 2.24) is 4.90 Å². The summed E-state index contributed by atoms with van der Waals surface area (Å²) in [4.78, 5) is 36.9. The van der Waals surface area contributed by atoms with Crippen LogP contribution >= 0.6 is 0 Å². The van der Waals surface area contributed by atoms with Crippen molar-refractivity contribution in [2.24, 2.45) is 0 Å². The number of fused-ring (bicyclic) bond motifs is 1. The van der Waals surface area contributed by atoms with Crippen molar-refractivity contribution in [3.8, 4) is 11.5 Å². The van der Waals surface area contributed by atoms with Gasteiger partial charge in [-0.2, -0.15) is 0 Å². The molecule has 2 aromatic rings. The lowest BCUT2D eigenvalue weighted by Crippen LogP contribution is -2.41. The Balaban J connectivity index is 1.53. The van der Waals surface area contributed by atoms with E-state index in [1.165, 1.54) is 11.8 Å². The molecule has 0 fully saturated rings. The number of hydrogen-bond acceptors (Lipinski definition) is 7. The maximum absolute atomic E-state index is 12.7. The van der Waals surface area contributed by atoms with Crippen LogP contribution in [0.5, 0.6) is 11.5 Å². The molecule has 1 amide bonds. The molecule has 0 N–H and O–H groups in total. The Hall–Kier alpha value is -3.39. The number of carbonyl (C=O) groups excluding carboxylic acids is 3. The van der Waals surface area contributed by atoms with Gasteiger partial charge in [-0.15, -0.1) is 0 Å². The molecule has 3 rings (SSSR count). The molecule has 31 heavy (non-hydrogen) atoms. The van der Waals surface area contributed by atoms with Gasteiger partial charge in [0.25, 0.3) is 5.91 Å². The van der Waals surface area contributed by atoms with Gasteiger partial charge in [0.2, 0.25) is 0 Å². The van der Waals surface area contributed by atoms with Gasteiger partial charge in [-0.05, 0) is 49.7 Å². The van der Waals surface area contributed by atoms with Crippen molar-refractivity contribution in [2.45, 2.75) is 26.4 Å². The average molecular weight is 426 g/mol. The molecule has 1 aliphatic rings. The fraction of sp³-hybridized carbons (Fsp3) is 0.348. The lowest BCUT2D eigenvalue weighted by molar-refractivity contribution is -0.316. The highest BCUT2D eigenvalue weighted by molar-refractivity contribution is 6.02. The number of carboxylic acid groups (broad SMARTS) is 1. The number of carboxylic acids is 1. The molecule has 0 spiro atoms. The molecular weight excluding hydrogens is 402 g/mol. The van der Waals surface area contributed by atoms with Crippen LogP contribution in [0.2, 0.25) is 0 Å². The normalized spacial score (nSPS) is 13.9. The van der Waals surface area contributed by atoms with E-state index in [9.17, 15) is 19.5 Å². The van der Waals surface area contributed by atoms with Gasteiger partial charge >= 0.3 is 0 Å². The second-order valence-electron chi connectivity index (χ2n) is 7.07. The van der Waals surface area contributed by atoms with Crippen LogP contribution in [0, 0.1) is 0 Å². The minimum atomic E-state index is -1.24. The highest BCUT2D eigenvalue weighted by Crippen LogP contribution is 2.26. The predicted molar refractivity (Wildman–Crippen MR) is 109 cm³/mol. The Morgan fingerprint density at radius 3 is 2.58 bits per heavy atom. The van der Waals surface area contributed by atoms with Crippen LogP contribution in [0.3, 0.4) is 0 Å². The van der Waals surface area contributed by atoms with Crippen LogP contribution in [-0.4, -0.2) is 55.2 Å². The molecule has 0 radical (unpaired) electrons. The molecular formula is C23H24NO7-. The Labute approximate surface area is 180 Å². The number of aliphatic carboxylic acids is 1. The summed E-state index contributed by atoms with van der Waals surface area (Å²) in [6.07, 6.45) is -0.786. The summed E-state index contributed by atoms with van der Waals surface area (Å²) in [6, 6.07) is 11.8. The fourth-order valence-electron chi connectivity index (χ4n) is 3.21.